The van der Waals surface area contributed by atoms with Gasteiger partial charge in [-0.2, -0.15) is 0 Å². The van der Waals surface area contributed by atoms with Crippen molar-refractivity contribution in [1.82, 2.24) is 0 Å². The minimum absolute atomic E-state index is 0. The molecule has 0 aliphatic rings. The monoisotopic (exact) mass is 248 g/mol. The number of benzene rings is 1. The second-order valence-corrected chi connectivity index (χ2v) is 3.36. The smallest absolute Gasteiger partial charge is 1.00 e. The first-order valence-corrected chi connectivity index (χ1v) is 5.14. The maximum absolute atomic E-state index is 11.6. The largest absolute Gasteiger partial charge is 1.00 e. The Morgan fingerprint density at radius 2 is 2.06 bits per heavy atom. The van der Waals surface area contributed by atoms with Gasteiger partial charge in [-0.3, -0.25) is 0 Å². The molecule has 1 aromatic rings. The van der Waals surface area contributed by atoms with E-state index in [0.29, 0.717) is 12.0 Å². The Labute approximate surface area is 140 Å². The molecule has 1 N–H and O–H groups in total. The maximum atomic E-state index is 11.6. The van der Waals surface area contributed by atoms with Crippen LogP contribution in [0.25, 0.3) is 0 Å². The van der Waals surface area contributed by atoms with Crippen LogP contribution in [0.1, 0.15) is 31.6 Å². The Morgan fingerprint density at radius 3 is 2.56 bits per heavy atom. The van der Waals surface area contributed by atoms with Crippen LogP contribution in [0.15, 0.2) is 30.3 Å². The van der Waals surface area contributed by atoms with Gasteiger partial charge in [-0.25, -0.2) is 4.79 Å². The van der Waals surface area contributed by atoms with Gasteiger partial charge in [-0.05, 0) is 18.6 Å². The molecular weight excluding hydrogens is 231 g/mol. The Balaban J connectivity index is 0. The second-order valence-electron chi connectivity index (χ2n) is 3.36. The summed E-state index contributed by atoms with van der Waals surface area (Å²) in [4.78, 5) is 11.6. The van der Waals surface area contributed by atoms with Gasteiger partial charge in [0, 0.05) is 0 Å². The van der Waals surface area contributed by atoms with Gasteiger partial charge in [0.05, 0.1) is 12.2 Å². The molecule has 1 atom stereocenters. The van der Waals surface area contributed by atoms with Crippen molar-refractivity contribution in [1.29, 1.82) is 0 Å². The van der Waals surface area contributed by atoms with Crippen molar-refractivity contribution in [2.45, 2.75) is 25.9 Å². The van der Waals surface area contributed by atoms with E-state index in [4.69, 9.17) is 9.84 Å². The van der Waals surface area contributed by atoms with Crippen LogP contribution in [0.5, 0.6) is 0 Å². The Hall–Kier alpha value is 0.286. The molecule has 0 radical (unpaired) electrons. The van der Waals surface area contributed by atoms with E-state index < -0.39 is 0 Å². The van der Waals surface area contributed by atoms with Gasteiger partial charge in [0.15, 0.2) is 0 Å². The average Bonchev–Trinajstić information content (AvgIpc) is 2.29. The van der Waals surface area contributed by atoms with E-state index in [1.807, 2.05) is 13.0 Å². The van der Waals surface area contributed by atoms with Crippen LogP contribution in [0.2, 0.25) is 0 Å². The fourth-order valence-electron chi connectivity index (χ4n) is 1.30. The van der Waals surface area contributed by atoms with Crippen LogP contribution in [0, 0.1) is 0 Å². The predicted molar refractivity (Wildman–Crippen MR) is 58.8 cm³/mol. The van der Waals surface area contributed by atoms with Crippen molar-refractivity contribution in [2.24, 2.45) is 0 Å². The van der Waals surface area contributed by atoms with E-state index in [0.717, 1.165) is 6.42 Å². The zero-order valence-corrected chi connectivity index (χ0v) is 13.0. The summed E-state index contributed by atoms with van der Waals surface area (Å²) in [5, 5.41) is 8.98. The molecule has 1 aromatic carbocycles. The van der Waals surface area contributed by atoms with Crippen LogP contribution in [0.3, 0.4) is 0 Å². The number of esters is 1. The first-order valence-electron chi connectivity index (χ1n) is 5.14. The molecular formula is C12H17KO3. The van der Waals surface area contributed by atoms with Gasteiger partial charge in [0.1, 0.15) is 6.10 Å². The number of carbonyl (C=O) groups excluding carboxylic acids is 1. The fourth-order valence-corrected chi connectivity index (χ4v) is 1.30. The summed E-state index contributed by atoms with van der Waals surface area (Å²) >= 11 is 0. The number of aliphatic hydroxyl groups is 1. The van der Waals surface area contributed by atoms with Crippen LogP contribution >= 0.6 is 0 Å². The van der Waals surface area contributed by atoms with E-state index in [1.165, 1.54) is 0 Å². The Kier molecular flexibility index (Phi) is 9.50. The summed E-state index contributed by atoms with van der Waals surface area (Å²) in [7, 11) is 0. The number of aliphatic hydroxyl groups excluding tert-OH is 1. The Morgan fingerprint density at radius 1 is 1.44 bits per heavy atom. The SMILES string of the molecule is CCCC(CO)OC(=O)c1ccccc1.[H-].[K+]. The number of rotatable bonds is 5. The van der Waals surface area contributed by atoms with Gasteiger partial charge in [-0.15, -0.1) is 0 Å². The van der Waals surface area contributed by atoms with Gasteiger partial charge < -0.3 is 11.3 Å². The molecule has 84 valence electrons. The van der Waals surface area contributed by atoms with Gasteiger partial charge in [-0.1, -0.05) is 31.5 Å². The summed E-state index contributed by atoms with van der Waals surface area (Å²) in [6.45, 7) is 1.87. The summed E-state index contributed by atoms with van der Waals surface area (Å²) in [6, 6.07) is 8.80. The van der Waals surface area contributed by atoms with Crippen molar-refractivity contribution in [3.63, 3.8) is 0 Å². The second kappa shape index (κ2) is 9.33. The summed E-state index contributed by atoms with van der Waals surface area (Å²) in [5.41, 5.74) is 0.520. The topological polar surface area (TPSA) is 46.5 Å². The fraction of sp³-hybridized carbons (Fsp3) is 0.417. The van der Waals surface area contributed by atoms with Crippen LogP contribution in [-0.4, -0.2) is 23.8 Å². The minimum Gasteiger partial charge on any atom is -1.00 e. The van der Waals surface area contributed by atoms with Crippen LogP contribution in [0.4, 0.5) is 0 Å². The third-order valence-corrected chi connectivity index (χ3v) is 2.10. The first-order chi connectivity index (χ1) is 7.27. The maximum Gasteiger partial charge on any atom is 1.00 e. The number of hydrogen-bond donors (Lipinski definition) is 1. The molecule has 1 unspecified atom stereocenters. The molecule has 4 heteroatoms. The molecule has 0 aliphatic heterocycles. The van der Waals surface area contributed by atoms with Crippen molar-refractivity contribution < 1.29 is 67.4 Å². The van der Waals surface area contributed by atoms with Gasteiger partial charge in [0.2, 0.25) is 0 Å². The van der Waals surface area contributed by atoms with E-state index in [1.54, 1.807) is 24.3 Å². The molecule has 0 amide bonds. The van der Waals surface area contributed by atoms with Crippen LogP contribution in [-0.2, 0) is 4.74 Å². The molecule has 1 rings (SSSR count). The summed E-state index contributed by atoms with van der Waals surface area (Å²) < 4.78 is 5.14. The number of hydrogen-bond acceptors (Lipinski definition) is 3. The van der Waals surface area contributed by atoms with E-state index in [2.05, 4.69) is 0 Å². The number of carbonyl (C=O) groups is 1. The standard InChI is InChI=1S/C12H16O3.K.H/c1-2-6-11(9-13)15-12(14)10-7-4-3-5-8-10;;/h3-5,7-8,11,13H,2,6,9H2,1H3;;/q;+1;-1. The third kappa shape index (κ3) is 5.57. The van der Waals surface area contributed by atoms with Crippen molar-refractivity contribution in [3.8, 4) is 0 Å². The average molecular weight is 248 g/mol. The molecule has 0 bridgehead atoms. The van der Waals surface area contributed by atoms with Crippen molar-refractivity contribution in [2.75, 3.05) is 6.61 Å². The van der Waals surface area contributed by atoms with Crippen molar-refractivity contribution >= 4 is 5.97 Å². The normalized spacial score (nSPS) is 11.4. The van der Waals surface area contributed by atoms with Gasteiger partial charge in [0.25, 0.3) is 0 Å². The third-order valence-electron chi connectivity index (χ3n) is 2.10. The molecule has 3 nitrogen and oxygen atoms in total. The van der Waals surface area contributed by atoms with E-state index >= 15 is 0 Å². The first kappa shape index (κ1) is 16.3. The summed E-state index contributed by atoms with van der Waals surface area (Å²) in [6.07, 6.45) is 1.19. The van der Waals surface area contributed by atoms with Crippen molar-refractivity contribution in [3.05, 3.63) is 35.9 Å². The zero-order chi connectivity index (χ0) is 11.1. The number of ether oxygens (including phenoxy) is 1. The molecule has 0 fully saturated rings. The molecule has 0 aliphatic carbocycles. The van der Waals surface area contributed by atoms with E-state index in [9.17, 15) is 4.79 Å². The molecule has 0 heterocycles. The summed E-state index contributed by atoms with van der Waals surface area (Å²) in [5.74, 6) is -0.372. The van der Waals surface area contributed by atoms with Crippen LogP contribution < -0.4 is 51.4 Å². The Bertz CT molecular complexity index is 306. The molecule has 0 aromatic heterocycles. The van der Waals surface area contributed by atoms with E-state index in [-0.39, 0.29) is 71.5 Å². The minimum atomic E-state index is -0.386. The molecule has 0 spiro atoms. The van der Waals surface area contributed by atoms with Gasteiger partial charge >= 0.3 is 57.4 Å². The molecule has 16 heavy (non-hydrogen) atoms. The zero-order valence-electron chi connectivity index (χ0n) is 10.8. The quantitative estimate of drug-likeness (QED) is 0.544. The molecule has 0 saturated carbocycles. The predicted octanol–water partition coefficient (Wildman–Crippen LogP) is -0.879. The molecule has 0 saturated heterocycles.